The molecule has 0 saturated carbocycles. The van der Waals surface area contributed by atoms with E-state index in [9.17, 15) is 9.90 Å². The molecule has 0 amide bonds. The highest BCUT2D eigenvalue weighted by Crippen LogP contribution is 2.17. The van der Waals surface area contributed by atoms with Gasteiger partial charge in [-0.3, -0.25) is 9.69 Å². The van der Waals surface area contributed by atoms with Gasteiger partial charge in [0.15, 0.2) is 0 Å². The van der Waals surface area contributed by atoms with Crippen molar-refractivity contribution < 1.29 is 14.6 Å². The smallest absolute Gasteiger partial charge is 0.320 e. The second-order valence-corrected chi connectivity index (χ2v) is 5.25. The SMILES string of the molecule is O=C(O)C1CCCCCN1CCCOc1ccccc1. The van der Waals surface area contributed by atoms with Gasteiger partial charge in [0.1, 0.15) is 11.8 Å². The molecule has 0 spiro atoms. The predicted molar refractivity (Wildman–Crippen MR) is 78.0 cm³/mol. The van der Waals surface area contributed by atoms with Crippen molar-refractivity contribution in [3.63, 3.8) is 0 Å². The highest BCUT2D eigenvalue weighted by molar-refractivity contribution is 5.73. The van der Waals surface area contributed by atoms with Crippen molar-refractivity contribution in [3.05, 3.63) is 30.3 Å². The van der Waals surface area contributed by atoms with Crippen LogP contribution in [-0.2, 0) is 4.79 Å². The van der Waals surface area contributed by atoms with E-state index in [1.165, 1.54) is 0 Å². The van der Waals surface area contributed by atoms with Crippen LogP contribution in [0.1, 0.15) is 32.1 Å². The first kappa shape index (κ1) is 14.9. The van der Waals surface area contributed by atoms with Crippen LogP contribution in [0.5, 0.6) is 5.75 Å². The molecule has 20 heavy (non-hydrogen) atoms. The van der Waals surface area contributed by atoms with Crippen LogP contribution in [-0.4, -0.2) is 41.7 Å². The lowest BCUT2D eigenvalue weighted by atomic mass is 10.1. The first-order valence-corrected chi connectivity index (χ1v) is 7.42. The van der Waals surface area contributed by atoms with E-state index in [0.717, 1.165) is 50.9 Å². The van der Waals surface area contributed by atoms with Crippen molar-refractivity contribution in [1.29, 1.82) is 0 Å². The number of benzene rings is 1. The summed E-state index contributed by atoms with van der Waals surface area (Å²) < 4.78 is 5.65. The molecule has 0 radical (unpaired) electrons. The van der Waals surface area contributed by atoms with Gasteiger partial charge < -0.3 is 9.84 Å². The average Bonchev–Trinajstić information content (AvgIpc) is 2.70. The van der Waals surface area contributed by atoms with Crippen LogP contribution in [0.15, 0.2) is 30.3 Å². The molecule has 1 aliphatic rings. The number of ether oxygens (including phenoxy) is 1. The van der Waals surface area contributed by atoms with E-state index in [0.29, 0.717) is 6.61 Å². The fourth-order valence-electron chi connectivity index (χ4n) is 2.69. The van der Waals surface area contributed by atoms with Gasteiger partial charge in [-0.1, -0.05) is 31.0 Å². The molecule has 1 heterocycles. The van der Waals surface area contributed by atoms with Crippen LogP contribution in [0.4, 0.5) is 0 Å². The highest BCUT2D eigenvalue weighted by Gasteiger charge is 2.26. The Labute approximate surface area is 120 Å². The van der Waals surface area contributed by atoms with Crippen molar-refractivity contribution >= 4 is 5.97 Å². The maximum Gasteiger partial charge on any atom is 0.320 e. The van der Waals surface area contributed by atoms with E-state index in [4.69, 9.17) is 4.74 Å². The van der Waals surface area contributed by atoms with Gasteiger partial charge in [0, 0.05) is 6.54 Å². The van der Waals surface area contributed by atoms with Gasteiger partial charge >= 0.3 is 5.97 Å². The van der Waals surface area contributed by atoms with Crippen LogP contribution < -0.4 is 4.74 Å². The maximum absolute atomic E-state index is 11.3. The highest BCUT2D eigenvalue weighted by atomic mass is 16.5. The fourth-order valence-corrected chi connectivity index (χ4v) is 2.69. The Bertz CT molecular complexity index is 407. The summed E-state index contributed by atoms with van der Waals surface area (Å²) in [7, 11) is 0. The molecule has 1 unspecified atom stereocenters. The Morgan fingerprint density at radius 3 is 2.80 bits per heavy atom. The zero-order chi connectivity index (χ0) is 14.2. The van der Waals surface area contributed by atoms with E-state index in [2.05, 4.69) is 4.90 Å². The zero-order valence-corrected chi connectivity index (χ0v) is 11.8. The Morgan fingerprint density at radius 1 is 1.25 bits per heavy atom. The zero-order valence-electron chi connectivity index (χ0n) is 11.8. The molecule has 1 saturated heterocycles. The molecule has 110 valence electrons. The number of aliphatic carboxylic acids is 1. The molecular formula is C16H23NO3. The van der Waals surface area contributed by atoms with Gasteiger partial charge in [-0.05, 0) is 37.9 Å². The summed E-state index contributed by atoms with van der Waals surface area (Å²) in [6, 6.07) is 9.42. The van der Waals surface area contributed by atoms with Crippen LogP contribution in [0.25, 0.3) is 0 Å². The molecule has 2 rings (SSSR count). The lowest BCUT2D eigenvalue weighted by Crippen LogP contribution is -2.41. The number of carboxylic acid groups (broad SMARTS) is 1. The van der Waals surface area contributed by atoms with Crippen molar-refractivity contribution in [2.24, 2.45) is 0 Å². The Balaban J connectivity index is 1.75. The summed E-state index contributed by atoms with van der Waals surface area (Å²) in [4.78, 5) is 13.4. The Hall–Kier alpha value is -1.55. The molecule has 1 aromatic rings. The number of nitrogens with zero attached hydrogens (tertiary/aromatic N) is 1. The second kappa shape index (κ2) is 7.90. The van der Waals surface area contributed by atoms with Crippen LogP contribution >= 0.6 is 0 Å². The molecule has 0 bridgehead atoms. The van der Waals surface area contributed by atoms with E-state index >= 15 is 0 Å². The molecule has 4 nitrogen and oxygen atoms in total. The number of rotatable bonds is 6. The van der Waals surface area contributed by atoms with Crippen molar-refractivity contribution in [1.82, 2.24) is 4.90 Å². The standard InChI is InChI=1S/C16H23NO3/c18-16(19)15-10-5-2-6-11-17(15)12-7-13-20-14-8-3-1-4-9-14/h1,3-4,8-9,15H,2,5-7,10-13H2,(H,18,19). The monoisotopic (exact) mass is 277 g/mol. The summed E-state index contributed by atoms with van der Waals surface area (Å²) in [6.45, 7) is 2.32. The minimum absolute atomic E-state index is 0.311. The topological polar surface area (TPSA) is 49.8 Å². The largest absolute Gasteiger partial charge is 0.494 e. The Kier molecular flexibility index (Phi) is 5.87. The minimum atomic E-state index is -0.684. The quantitative estimate of drug-likeness (QED) is 0.812. The van der Waals surface area contributed by atoms with Crippen LogP contribution in [0.2, 0.25) is 0 Å². The third-order valence-electron chi connectivity index (χ3n) is 3.75. The predicted octanol–water partition coefficient (Wildman–Crippen LogP) is 2.78. The molecule has 1 fully saturated rings. The van der Waals surface area contributed by atoms with Crippen LogP contribution in [0, 0.1) is 0 Å². The van der Waals surface area contributed by atoms with Gasteiger partial charge in [0.25, 0.3) is 0 Å². The first-order valence-electron chi connectivity index (χ1n) is 7.42. The molecule has 0 aliphatic carbocycles. The Morgan fingerprint density at radius 2 is 2.05 bits per heavy atom. The third kappa shape index (κ3) is 4.53. The molecular weight excluding hydrogens is 254 g/mol. The third-order valence-corrected chi connectivity index (χ3v) is 3.75. The summed E-state index contributed by atoms with van der Waals surface area (Å²) in [5, 5.41) is 9.30. The summed E-state index contributed by atoms with van der Waals surface area (Å²) in [5.41, 5.74) is 0. The number of likely N-dealkylation sites (tertiary alicyclic amines) is 1. The molecule has 1 aliphatic heterocycles. The van der Waals surface area contributed by atoms with E-state index < -0.39 is 5.97 Å². The average molecular weight is 277 g/mol. The lowest BCUT2D eigenvalue weighted by Gasteiger charge is -2.26. The number of hydrogen-bond acceptors (Lipinski definition) is 3. The fraction of sp³-hybridized carbons (Fsp3) is 0.562. The summed E-state index contributed by atoms with van der Waals surface area (Å²) >= 11 is 0. The number of carboxylic acids is 1. The summed E-state index contributed by atoms with van der Waals surface area (Å²) in [6.07, 6.45) is 4.89. The molecule has 1 atom stereocenters. The molecule has 4 heteroatoms. The second-order valence-electron chi connectivity index (χ2n) is 5.25. The van der Waals surface area contributed by atoms with Gasteiger partial charge in [-0.2, -0.15) is 0 Å². The first-order chi connectivity index (χ1) is 9.77. The normalized spacial score (nSPS) is 20.3. The molecule has 1 N–H and O–H groups in total. The van der Waals surface area contributed by atoms with Gasteiger partial charge in [-0.15, -0.1) is 0 Å². The van der Waals surface area contributed by atoms with Crippen molar-refractivity contribution in [3.8, 4) is 5.75 Å². The number of para-hydroxylation sites is 1. The van der Waals surface area contributed by atoms with Crippen molar-refractivity contribution in [2.75, 3.05) is 19.7 Å². The minimum Gasteiger partial charge on any atom is -0.494 e. The molecule has 0 aromatic heterocycles. The molecule has 1 aromatic carbocycles. The van der Waals surface area contributed by atoms with Gasteiger partial charge in [-0.25, -0.2) is 0 Å². The van der Waals surface area contributed by atoms with Gasteiger partial charge in [0.2, 0.25) is 0 Å². The van der Waals surface area contributed by atoms with E-state index in [1.807, 2.05) is 30.3 Å². The van der Waals surface area contributed by atoms with E-state index in [1.54, 1.807) is 0 Å². The van der Waals surface area contributed by atoms with Crippen LogP contribution in [0.3, 0.4) is 0 Å². The summed E-state index contributed by atoms with van der Waals surface area (Å²) in [5.74, 6) is 0.189. The number of carbonyl (C=O) groups is 1. The lowest BCUT2D eigenvalue weighted by molar-refractivity contribution is -0.143. The number of hydrogen-bond donors (Lipinski definition) is 1. The van der Waals surface area contributed by atoms with Gasteiger partial charge in [0.05, 0.1) is 6.61 Å². The van der Waals surface area contributed by atoms with E-state index in [-0.39, 0.29) is 6.04 Å². The maximum atomic E-state index is 11.3. The van der Waals surface area contributed by atoms with Crippen molar-refractivity contribution in [2.45, 2.75) is 38.1 Å².